The molecule has 3 aromatic carbocycles. The number of nitrogens with one attached hydrogen (secondary N) is 1. The highest BCUT2D eigenvalue weighted by Crippen LogP contribution is 2.38. The van der Waals surface area contributed by atoms with Crippen LogP contribution < -0.4 is 10.2 Å². The maximum absolute atomic E-state index is 13.0. The van der Waals surface area contributed by atoms with Gasteiger partial charge in [-0.25, -0.2) is 0 Å². The molecule has 0 fully saturated rings. The molecule has 1 aliphatic rings. The highest BCUT2D eigenvalue weighted by molar-refractivity contribution is 6.02. The Kier molecular flexibility index (Phi) is 4.28. The number of fused-ring (bicyclic) bond motifs is 2. The second-order valence-electron chi connectivity index (χ2n) is 6.71. The van der Waals surface area contributed by atoms with Crippen molar-refractivity contribution in [3.8, 4) is 0 Å². The van der Waals surface area contributed by atoms with E-state index in [0.717, 1.165) is 22.0 Å². The van der Waals surface area contributed by atoms with Crippen molar-refractivity contribution in [2.45, 2.75) is 6.17 Å². The molecule has 4 rings (SSSR count). The molecule has 0 unspecified atom stereocenters. The molecule has 1 N–H and O–H groups in total. The highest BCUT2D eigenvalue weighted by atomic mass is 16.2. The molecule has 1 heterocycles. The lowest BCUT2D eigenvalue weighted by atomic mass is 9.99. The predicted octanol–water partition coefficient (Wildman–Crippen LogP) is 3.18. The number of benzene rings is 3. The molecule has 5 nitrogen and oxygen atoms in total. The summed E-state index contributed by atoms with van der Waals surface area (Å²) in [5, 5.41) is 4.94. The molecular formula is C22H21N3O2. The Balaban J connectivity index is 1.87. The Bertz CT molecular complexity index is 1030. The van der Waals surface area contributed by atoms with Gasteiger partial charge in [-0.05, 0) is 34.5 Å². The number of hydrogen-bond donors (Lipinski definition) is 1. The van der Waals surface area contributed by atoms with Crippen LogP contribution >= 0.6 is 0 Å². The molecule has 136 valence electrons. The van der Waals surface area contributed by atoms with E-state index in [2.05, 4.69) is 29.6 Å². The van der Waals surface area contributed by atoms with E-state index in [4.69, 9.17) is 0 Å². The highest BCUT2D eigenvalue weighted by Gasteiger charge is 2.37. The molecule has 1 atom stereocenters. The normalized spacial score (nSPS) is 16.4. The van der Waals surface area contributed by atoms with Gasteiger partial charge in [-0.15, -0.1) is 0 Å². The predicted molar refractivity (Wildman–Crippen MR) is 107 cm³/mol. The van der Waals surface area contributed by atoms with Gasteiger partial charge in [0.05, 0.1) is 17.8 Å². The Morgan fingerprint density at radius 2 is 1.70 bits per heavy atom. The third kappa shape index (κ3) is 2.91. The van der Waals surface area contributed by atoms with Gasteiger partial charge in [0.25, 0.3) is 5.91 Å². The molecule has 0 saturated carbocycles. The summed E-state index contributed by atoms with van der Waals surface area (Å²) in [6.07, 6.45) is -0.352. The van der Waals surface area contributed by atoms with E-state index >= 15 is 0 Å². The number of carbonyl (C=O) groups excluding carboxylic acids is 2. The lowest BCUT2D eigenvalue weighted by Gasteiger charge is -2.44. The van der Waals surface area contributed by atoms with E-state index in [1.165, 1.54) is 0 Å². The van der Waals surface area contributed by atoms with E-state index in [0.29, 0.717) is 5.56 Å². The second kappa shape index (κ2) is 6.76. The number of likely N-dealkylation sites (N-methyl/N-ethyl adjacent to an activating group) is 1. The average Bonchev–Trinajstić information content (AvgIpc) is 2.71. The molecule has 5 heteroatoms. The Labute approximate surface area is 158 Å². The summed E-state index contributed by atoms with van der Waals surface area (Å²) in [5.41, 5.74) is 2.37. The van der Waals surface area contributed by atoms with Crippen LogP contribution in [0.1, 0.15) is 22.1 Å². The van der Waals surface area contributed by atoms with Crippen molar-refractivity contribution in [2.24, 2.45) is 0 Å². The summed E-state index contributed by atoms with van der Waals surface area (Å²) in [6.45, 7) is 0.169. The van der Waals surface area contributed by atoms with Gasteiger partial charge in [-0.3, -0.25) is 9.59 Å². The minimum atomic E-state index is -0.352. The molecule has 0 aliphatic carbocycles. The van der Waals surface area contributed by atoms with E-state index in [-0.39, 0.29) is 24.5 Å². The number of rotatable bonds is 3. The molecular weight excluding hydrogens is 338 g/mol. The van der Waals surface area contributed by atoms with Crippen LogP contribution in [0.5, 0.6) is 0 Å². The van der Waals surface area contributed by atoms with Crippen molar-refractivity contribution >= 4 is 28.3 Å². The van der Waals surface area contributed by atoms with Crippen LogP contribution in [0, 0.1) is 0 Å². The smallest absolute Gasteiger partial charge is 0.257 e. The maximum Gasteiger partial charge on any atom is 0.257 e. The van der Waals surface area contributed by atoms with Crippen LogP contribution in [-0.4, -0.2) is 37.4 Å². The Morgan fingerprint density at radius 1 is 1.00 bits per heavy atom. The van der Waals surface area contributed by atoms with Gasteiger partial charge in [0, 0.05) is 14.1 Å². The van der Waals surface area contributed by atoms with Gasteiger partial charge < -0.3 is 15.1 Å². The van der Waals surface area contributed by atoms with Crippen molar-refractivity contribution in [1.29, 1.82) is 0 Å². The first-order valence-corrected chi connectivity index (χ1v) is 8.92. The number of amides is 2. The molecule has 0 bridgehead atoms. The van der Waals surface area contributed by atoms with Crippen LogP contribution in [0.3, 0.4) is 0 Å². The average molecular weight is 359 g/mol. The first kappa shape index (κ1) is 17.1. The molecule has 1 aliphatic heterocycles. The minimum absolute atomic E-state index is 0.0445. The maximum atomic E-state index is 13.0. The van der Waals surface area contributed by atoms with Gasteiger partial charge in [-0.2, -0.15) is 0 Å². The molecule has 2 amide bonds. The number of anilines is 1. The van der Waals surface area contributed by atoms with Gasteiger partial charge >= 0.3 is 0 Å². The lowest BCUT2D eigenvalue weighted by molar-refractivity contribution is -0.119. The molecule has 0 radical (unpaired) electrons. The first-order chi connectivity index (χ1) is 13.1. The van der Waals surface area contributed by atoms with Crippen LogP contribution in [-0.2, 0) is 4.79 Å². The largest absolute Gasteiger partial charge is 0.358 e. The monoisotopic (exact) mass is 359 g/mol. The second-order valence-corrected chi connectivity index (χ2v) is 6.71. The summed E-state index contributed by atoms with van der Waals surface area (Å²) in [6, 6.07) is 21.8. The van der Waals surface area contributed by atoms with E-state index < -0.39 is 0 Å². The van der Waals surface area contributed by atoms with Crippen LogP contribution in [0.15, 0.2) is 66.7 Å². The summed E-state index contributed by atoms with van der Waals surface area (Å²) >= 11 is 0. The summed E-state index contributed by atoms with van der Waals surface area (Å²) < 4.78 is 0. The standard InChI is InChI=1S/C22H21N3O2/c1-23-20(26)14-25-19-10-6-5-9-18(19)22(27)24(2)21(25)17-12-11-15-7-3-4-8-16(15)13-17/h3-13,21H,14H2,1-2H3,(H,23,26)/t21-/m0/s1. The topological polar surface area (TPSA) is 52.7 Å². The van der Waals surface area contributed by atoms with Gasteiger partial charge in [0.15, 0.2) is 0 Å². The van der Waals surface area contributed by atoms with Crippen LogP contribution in [0.2, 0.25) is 0 Å². The van der Waals surface area contributed by atoms with Gasteiger partial charge in [-0.1, -0.05) is 48.5 Å². The van der Waals surface area contributed by atoms with Crippen molar-refractivity contribution in [3.63, 3.8) is 0 Å². The van der Waals surface area contributed by atoms with Gasteiger partial charge in [0.1, 0.15) is 6.17 Å². The Morgan fingerprint density at radius 3 is 2.48 bits per heavy atom. The summed E-state index contributed by atoms with van der Waals surface area (Å²) in [5.74, 6) is -0.143. The van der Waals surface area contributed by atoms with Crippen LogP contribution in [0.25, 0.3) is 10.8 Å². The van der Waals surface area contributed by atoms with Crippen LogP contribution in [0.4, 0.5) is 5.69 Å². The number of hydrogen-bond acceptors (Lipinski definition) is 3. The third-order valence-electron chi connectivity index (χ3n) is 5.09. The van der Waals surface area contributed by atoms with Crippen molar-refractivity contribution in [2.75, 3.05) is 25.5 Å². The zero-order valence-electron chi connectivity index (χ0n) is 15.3. The quantitative estimate of drug-likeness (QED) is 0.781. The van der Waals surface area contributed by atoms with E-state index in [9.17, 15) is 9.59 Å². The van der Waals surface area contributed by atoms with Gasteiger partial charge in [0.2, 0.25) is 5.91 Å². The molecule has 0 aromatic heterocycles. The fraction of sp³-hybridized carbons (Fsp3) is 0.182. The minimum Gasteiger partial charge on any atom is -0.358 e. The Hall–Kier alpha value is -3.34. The first-order valence-electron chi connectivity index (χ1n) is 8.92. The molecule has 0 saturated heterocycles. The van der Waals surface area contributed by atoms with Crippen molar-refractivity contribution < 1.29 is 9.59 Å². The lowest BCUT2D eigenvalue weighted by Crippen LogP contribution is -2.50. The fourth-order valence-corrected chi connectivity index (χ4v) is 3.72. The number of para-hydroxylation sites is 1. The third-order valence-corrected chi connectivity index (χ3v) is 5.09. The molecule has 0 spiro atoms. The summed E-state index contributed by atoms with van der Waals surface area (Å²) in [7, 11) is 3.41. The fourth-order valence-electron chi connectivity index (χ4n) is 3.72. The van der Waals surface area contributed by atoms with E-state index in [1.54, 1.807) is 19.0 Å². The van der Waals surface area contributed by atoms with Crippen molar-refractivity contribution in [3.05, 3.63) is 77.9 Å². The zero-order chi connectivity index (χ0) is 19.0. The number of nitrogens with zero attached hydrogens (tertiary/aromatic N) is 2. The zero-order valence-corrected chi connectivity index (χ0v) is 15.3. The number of carbonyl (C=O) groups is 2. The summed E-state index contributed by atoms with van der Waals surface area (Å²) in [4.78, 5) is 28.9. The SMILES string of the molecule is CNC(=O)CN1c2ccccc2C(=O)N(C)[C@@H]1c1ccc2ccccc2c1. The van der Waals surface area contributed by atoms with E-state index in [1.807, 2.05) is 47.4 Å². The molecule has 27 heavy (non-hydrogen) atoms. The molecule has 3 aromatic rings. The van der Waals surface area contributed by atoms with Crippen molar-refractivity contribution in [1.82, 2.24) is 10.2 Å².